The number of urea groups is 1. The number of ether oxygens (including phenoxy) is 2. The quantitative estimate of drug-likeness (QED) is 0.698. The lowest BCUT2D eigenvalue weighted by atomic mass is 10.1. The smallest absolute Gasteiger partial charge is 0.316 e. The molecule has 27 heavy (non-hydrogen) atoms. The zero-order valence-corrected chi connectivity index (χ0v) is 14.9. The fourth-order valence-electron chi connectivity index (χ4n) is 2.80. The average molecular weight is 369 g/mol. The van der Waals surface area contributed by atoms with Crippen LogP contribution < -0.4 is 21.1 Å². The van der Waals surface area contributed by atoms with E-state index in [1.165, 1.54) is 0 Å². The van der Waals surface area contributed by atoms with Crippen molar-refractivity contribution in [3.63, 3.8) is 0 Å². The highest BCUT2D eigenvalue weighted by atomic mass is 16.5. The van der Waals surface area contributed by atoms with Gasteiger partial charge in [-0.15, -0.1) is 0 Å². The molecule has 0 spiro atoms. The van der Waals surface area contributed by atoms with E-state index in [1.807, 2.05) is 12.1 Å². The Labute approximate surface area is 157 Å². The second-order valence-corrected chi connectivity index (χ2v) is 6.34. The molecule has 142 valence electrons. The Morgan fingerprint density at radius 2 is 1.85 bits per heavy atom. The number of carbonyl (C=O) groups is 2. The van der Waals surface area contributed by atoms with Crippen LogP contribution in [0.15, 0.2) is 48.5 Å². The molecule has 1 aliphatic rings. The largest absolute Gasteiger partial charge is 0.491 e. The fourth-order valence-corrected chi connectivity index (χ4v) is 2.80. The maximum absolute atomic E-state index is 12.3. The number of nitrogens with one attached hydrogen (secondary N) is 2. The number of anilines is 1. The number of rotatable bonds is 7. The molecule has 1 atom stereocenters. The lowest BCUT2D eigenvalue weighted by Gasteiger charge is -2.12. The summed E-state index contributed by atoms with van der Waals surface area (Å²) in [6.45, 7) is 1.72. The summed E-state index contributed by atoms with van der Waals surface area (Å²) in [4.78, 5) is 23.1. The second kappa shape index (κ2) is 9.05. The first-order valence-corrected chi connectivity index (χ1v) is 8.88. The highest BCUT2D eigenvalue weighted by Gasteiger charge is 2.16. The summed E-state index contributed by atoms with van der Waals surface area (Å²) >= 11 is 0. The Balaban J connectivity index is 1.46. The zero-order chi connectivity index (χ0) is 19.1. The average Bonchev–Trinajstić information content (AvgIpc) is 3.19. The number of nitrogens with two attached hydrogens (primary N) is 1. The van der Waals surface area contributed by atoms with E-state index >= 15 is 0 Å². The molecule has 1 saturated heterocycles. The van der Waals surface area contributed by atoms with Gasteiger partial charge in [0.25, 0.3) is 5.91 Å². The van der Waals surface area contributed by atoms with Crippen LogP contribution >= 0.6 is 0 Å². The molecule has 1 heterocycles. The molecule has 3 rings (SSSR count). The van der Waals surface area contributed by atoms with Crippen LogP contribution in [0.4, 0.5) is 10.5 Å². The molecule has 4 N–H and O–H groups in total. The second-order valence-electron chi connectivity index (χ2n) is 6.34. The molecule has 0 saturated carbocycles. The normalized spacial score (nSPS) is 15.9. The highest BCUT2D eigenvalue weighted by molar-refractivity contribution is 5.94. The molecule has 1 unspecified atom stereocenters. The number of benzene rings is 2. The van der Waals surface area contributed by atoms with Gasteiger partial charge in [-0.1, -0.05) is 12.1 Å². The Bertz CT molecular complexity index is 769. The van der Waals surface area contributed by atoms with E-state index in [9.17, 15) is 9.59 Å². The fraction of sp³-hybridized carbons (Fsp3) is 0.300. The molecule has 2 aromatic rings. The van der Waals surface area contributed by atoms with Crippen LogP contribution in [0.5, 0.6) is 5.75 Å². The standard InChI is InChI=1S/C20H23N3O4/c21-20(25)23-16-7-3-14(4-8-16)12-22-19(24)15-5-9-17(10-6-15)27-13-18-2-1-11-26-18/h3-10,18H,1-2,11-13H2,(H,22,24)(H3,21,23,25). The molecule has 0 aromatic heterocycles. The molecule has 0 aliphatic carbocycles. The van der Waals surface area contributed by atoms with Crippen LogP contribution in [0.1, 0.15) is 28.8 Å². The van der Waals surface area contributed by atoms with Crippen molar-refractivity contribution in [1.82, 2.24) is 5.32 Å². The maximum atomic E-state index is 12.3. The minimum atomic E-state index is -0.612. The van der Waals surface area contributed by atoms with Crippen molar-refractivity contribution in [2.75, 3.05) is 18.5 Å². The van der Waals surface area contributed by atoms with Crippen LogP contribution in [-0.2, 0) is 11.3 Å². The van der Waals surface area contributed by atoms with Crippen molar-refractivity contribution >= 4 is 17.6 Å². The van der Waals surface area contributed by atoms with Crippen molar-refractivity contribution in [2.45, 2.75) is 25.5 Å². The van der Waals surface area contributed by atoms with Gasteiger partial charge in [-0.3, -0.25) is 4.79 Å². The van der Waals surface area contributed by atoms with Gasteiger partial charge in [0.1, 0.15) is 12.4 Å². The first-order chi connectivity index (χ1) is 13.1. The predicted molar refractivity (Wildman–Crippen MR) is 102 cm³/mol. The number of hydrogen-bond donors (Lipinski definition) is 3. The molecule has 7 heteroatoms. The molecular formula is C20H23N3O4. The third-order valence-electron chi connectivity index (χ3n) is 4.25. The van der Waals surface area contributed by atoms with E-state index in [0.29, 0.717) is 24.4 Å². The number of carbonyl (C=O) groups excluding carboxylic acids is 2. The number of hydrogen-bond acceptors (Lipinski definition) is 4. The molecule has 1 aliphatic heterocycles. The minimum Gasteiger partial charge on any atom is -0.491 e. The van der Waals surface area contributed by atoms with E-state index in [0.717, 1.165) is 30.8 Å². The van der Waals surface area contributed by atoms with E-state index in [-0.39, 0.29) is 12.0 Å². The van der Waals surface area contributed by atoms with Gasteiger partial charge < -0.3 is 25.8 Å². The van der Waals surface area contributed by atoms with Crippen LogP contribution in [0.3, 0.4) is 0 Å². The highest BCUT2D eigenvalue weighted by Crippen LogP contribution is 2.17. The van der Waals surface area contributed by atoms with Gasteiger partial charge >= 0.3 is 6.03 Å². The van der Waals surface area contributed by atoms with Crippen LogP contribution in [0.2, 0.25) is 0 Å². The van der Waals surface area contributed by atoms with Crippen LogP contribution in [0.25, 0.3) is 0 Å². The van der Waals surface area contributed by atoms with E-state index in [1.54, 1.807) is 36.4 Å². The topological polar surface area (TPSA) is 103 Å². The summed E-state index contributed by atoms with van der Waals surface area (Å²) < 4.78 is 11.2. The molecule has 0 bridgehead atoms. The van der Waals surface area contributed by atoms with E-state index in [4.69, 9.17) is 15.2 Å². The monoisotopic (exact) mass is 369 g/mol. The molecule has 3 amide bonds. The van der Waals surface area contributed by atoms with Gasteiger partial charge in [0, 0.05) is 24.4 Å². The molecule has 7 nitrogen and oxygen atoms in total. The number of amides is 3. The Kier molecular flexibility index (Phi) is 6.27. The Morgan fingerprint density at radius 1 is 1.11 bits per heavy atom. The summed E-state index contributed by atoms with van der Waals surface area (Å²) in [5, 5.41) is 5.35. The molecule has 0 radical (unpaired) electrons. The zero-order valence-electron chi connectivity index (χ0n) is 14.9. The van der Waals surface area contributed by atoms with Gasteiger partial charge in [0.2, 0.25) is 0 Å². The van der Waals surface area contributed by atoms with Crippen molar-refractivity contribution in [1.29, 1.82) is 0 Å². The van der Waals surface area contributed by atoms with E-state index < -0.39 is 6.03 Å². The SMILES string of the molecule is NC(=O)Nc1ccc(CNC(=O)c2ccc(OCC3CCCO3)cc2)cc1. The van der Waals surface area contributed by atoms with Crippen molar-refractivity contribution in [2.24, 2.45) is 5.73 Å². The lowest BCUT2D eigenvalue weighted by Crippen LogP contribution is -2.23. The first kappa shape index (κ1) is 18.7. The predicted octanol–water partition coefficient (Wildman–Crippen LogP) is 2.67. The Hall–Kier alpha value is -3.06. The maximum Gasteiger partial charge on any atom is 0.316 e. The van der Waals surface area contributed by atoms with Gasteiger partial charge in [0.05, 0.1) is 6.10 Å². The molecule has 1 fully saturated rings. The van der Waals surface area contributed by atoms with Gasteiger partial charge in [0.15, 0.2) is 0 Å². The molecule has 2 aromatic carbocycles. The third-order valence-corrected chi connectivity index (χ3v) is 4.25. The van der Waals surface area contributed by atoms with Crippen LogP contribution in [-0.4, -0.2) is 31.3 Å². The van der Waals surface area contributed by atoms with E-state index in [2.05, 4.69) is 10.6 Å². The van der Waals surface area contributed by atoms with Crippen molar-refractivity contribution in [3.8, 4) is 5.75 Å². The summed E-state index contributed by atoms with van der Waals surface area (Å²) in [7, 11) is 0. The van der Waals surface area contributed by atoms with Crippen molar-refractivity contribution < 1.29 is 19.1 Å². The Morgan fingerprint density at radius 3 is 2.48 bits per heavy atom. The molecular weight excluding hydrogens is 346 g/mol. The summed E-state index contributed by atoms with van der Waals surface area (Å²) in [5.41, 5.74) is 7.15. The van der Waals surface area contributed by atoms with Gasteiger partial charge in [-0.25, -0.2) is 4.79 Å². The first-order valence-electron chi connectivity index (χ1n) is 8.88. The third kappa shape index (κ3) is 5.72. The van der Waals surface area contributed by atoms with Crippen LogP contribution in [0, 0.1) is 0 Å². The van der Waals surface area contributed by atoms with Gasteiger partial charge in [-0.05, 0) is 54.8 Å². The summed E-state index contributed by atoms with van der Waals surface area (Å²) in [6.07, 6.45) is 2.27. The van der Waals surface area contributed by atoms with Crippen molar-refractivity contribution in [3.05, 3.63) is 59.7 Å². The minimum absolute atomic E-state index is 0.164. The number of primary amides is 1. The summed E-state index contributed by atoms with van der Waals surface area (Å²) in [6, 6.07) is 13.5. The summed E-state index contributed by atoms with van der Waals surface area (Å²) in [5.74, 6) is 0.555. The lowest BCUT2D eigenvalue weighted by molar-refractivity contribution is 0.0679. The van der Waals surface area contributed by atoms with Gasteiger partial charge in [-0.2, -0.15) is 0 Å².